The fraction of sp³-hybridized carbons (Fsp3) is 0.182. The maximum atomic E-state index is 12.2. The minimum atomic E-state index is -4.30. The van der Waals surface area contributed by atoms with Gasteiger partial charge >= 0.3 is 6.18 Å². The zero-order valence-electron chi connectivity index (χ0n) is 9.12. The predicted octanol–water partition coefficient (Wildman–Crippen LogP) is 2.84. The summed E-state index contributed by atoms with van der Waals surface area (Å²) in [6, 6.07) is 4.71. The monoisotopic (exact) mass is 243 g/mol. The molecule has 1 rings (SSSR count). The Morgan fingerprint density at radius 2 is 1.82 bits per heavy atom. The third-order valence-corrected chi connectivity index (χ3v) is 1.85. The van der Waals surface area contributed by atoms with Crippen LogP contribution < -0.4 is 10.6 Å². The number of hydrogen-bond donors (Lipinski definition) is 2. The van der Waals surface area contributed by atoms with E-state index in [1.165, 1.54) is 24.7 Å². The lowest BCUT2D eigenvalue weighted by molar-refractivity contribution is -0.137. The summed E-state index contributed by atoms with van der Waals surface area (Å²) < 4.78 is 36.7. The summed E-state index contributed by atoms with van der Waals surface area (Å²) in [5.41, 5.74) is -0.130. The van der Waals surface area contributed by atoms with Gasteiger partial charge in [0.15, 0.2) is 0 Å². The van der Waals surface area contributed by atoms with Gasteiger partial charge in [0.2, 0.25) is 0 Å². The molecule has 0 aliphatic heterocycles. The molecule has 17 heavy (non-hydrogen) atoms. The van der Waals surface area contributed by atoms with Gasteiger partial charge in [-0.2, -0.15) is 13.2 Å². The lowest BCUT2D eigenvalue weighted by atomic mass is 10.2. The van der Waals surface area contributed by atoms with Gasteiger partial charge in [-0.05, 0) is 24.3 Å². The topological polar surface area (TPSA) is 36.4 Å². The van der Waals surface area contributed by atoms with Crippen molar-refractivity contribution >= 4 is 12.0 Å². The minimum Gasteiger partial charge on any atom is -0.393 e. The lowest BCUT2D eigenvalue weighted by Crippen LogP contribution is -2.04. The summed E-state index contributed by atoms with van der Waals surface area (Å²) in [6.07, 6.45) is 0.209. The first-order valence-electron chi connectivity index (χ1n) is 4.82. The van der Waals surface area contributed by atoms with Crippen molar-refractivity contribution in [3.05, 3.63) is 42.2 Å². The van der Waals surface area contributed by atoms with Gasteiger partial charge in [-0.25, -0.2) is 4.99 Å². The number of nitrogens with zero attached hydrogens (tertiary/aromatic N) is 1. The Kier molecular flexibility index (Phi) is 4.56. The molecule has 2 N–H and O–H groups in total. The standard InChI is InChI=1S/C11H12F3N3/c1-15-6-7-16-8-17-10-4-2-9(3-5-10)11(12,13)14/h2-8,15H,1H3,(H,16,17)/b7-6-. The van der Waals surface area contributed by atoms with E-state index < -0.39 is 11.7 Å². The number of halogens is 3. The van der Waals surface area contributed by atoms with E-state index in [1.807, 2.05) is 0 Å². The number of rotatable bonds is 4. The third-order valence-electron chi connectivity index (χ3n) is 1.85. The van der Waals surface area contributed by atoms with Crippen molar-refractivity contribution in [3.63, 3.8) is 0 Å². The Bertz CT molecular complexity index is 393. The molecule has 0 aliphatic carbocycles. The fourth-order valence-corrected chi connectivity index (χ4v) is 1.03. The largest absolute Gasteiger partial charge is 0.416 e. The second-order valence-corrected chi connectivity index (χ2v) is 3.10. The van der Waals surface area contributed by atoms with Crippen molar-refractivity contribution in [2.75, 3.05) is 12.4 Å². The van der Waals surface area contributed by atoms with Crippen LogP contribution in [0.3, 0.4) is 0 Å². The van der Waals surface area contributed by atoms with Crippen LogP contribution in [0.5, 0.6) is 0 Å². The number of alkyl halides is 3. The molecule has 6 heteroatoms. The van der Waals surface area contributed by atoms with Crippen molar-refractivity contribution in [1.29, 1.82) is 0 Å². The van der Waals surface area contributed by atoms with E-state index in [1.54, 1.807) is 13.2 Å². The highest BCUT2D eigenvalue weighted by Crippen LogP contribution is 2.29. The normalized spacial score (nSPS) is 12.2. The van der Waals surface area contributed by atoms with Gasteiger partial charge in [0, 0.05) is 25.1 Å². The molecule has 0 aliphatic rings. The van der Waals surface area contributed by atoms with Gasteiger partial charge in [0.05, 0.1) is 11.9 Å². The third kappa shape index (κ3) is 4.58. The Morgan fingerprint density at radius 3 is 2.35 bits per heavy atom. The molecule has 0 spiro atoms. The number of nitrogens with one attached hydrogen (secondary N) is 2. The highest BCUT2D eigenvalue weighted by atomic mass is 19.4. The molecule has 0 unspecified atom stereocenters. The van der Waals surface area contributed by atoms with Crippen LogP contribution in [0, 0.1) is 0 Å². The molecule has 0 atom stereocenters. The van der Waals surface area contributed by atoms with Gasteiger partial charge in [-0.15, -0.1) is 0 Å². The second kappa shape index (κ2) is 5.93. The molecule has 0 saturated heterocycles. The van der Waals surface area contributed by atoms with Crippen LogP contribution in [0.15, 0.2) is 41.7 Å². The maximum Gasteiger partial charge on any atom is 0.416 e. The SMILES string of the molecule is CN/C=C\N=CNc1ccc(C(F)(F)F)cc1. The number of anilines is 1. The van der Waals surface area contributed by atoms with Crippen molar-refractivity contribution in [3.8, 4) is 0 Å². The van der Waals surface area contributed by atoms with Crippen LogP contribution >= 0.6 is 0 Å². The van der Waals surface area contributed by atoms with Crippen molar-refractivity contribution in [2.24, 2.45) is 4.99 Å². The van der Waals surface area contributed by atoms with Crippen LogP contribution in [0.2, 0.25) is 0 Å². The highest BCUT2D eigenvalue weighted by molar-refractivity contribution is 5.75. The smallest absolute Gasteiger partial charge is 0.393 e. The first kappa shape index (κ1) is 13.1. The number of benzene rings is 1. The number of aliphatic imine (C=N–C) groups is 1. The quantitative estimate of drug-likeness (QED) is 0.630. The zero-order chi connectivity index (χ0) is 12.7. The van der Waals surface area contributed by atoms with Crippen LogP contribution in [-0.2, 0) is 6.18 Å². The molecule has 0 amide bonds. The highest BCUT2D eigenvalue weighted by Gasteiger charge is 2.29. The average molecular weight is 243 g/mol. The predicted molar refractivity (Wildman–Crippen MR) is 61.8 cm³/mol. The van der Waals surface area contributed by atoms with Gasteiger partial charge in [0.25, 0.3) is 0 Å². The van der Waals surface area contributed by atoms with Gasteiger partial charge in [0.1, 0.15) is 0 Å². The van der Waals surface area contributed by atoms with Crippen LogP contribution in [0.25, 0.3) is 0 Å². The van der Waals surface area contributed by atoms with Crippen molar-refractivity contribution < 1.29 is 13.2 Å². The molecule has 1 aromatic carbocycles. The lowest BCUT2D eigenvalue weighted by Gasteiger charge is -2.06. The minimum absolute atomic E-state index is 0.541. The van der Waals surface area contributed by atoms with Gasteiger partial charge < -0.3 is 10.6 Å². The Hall–Kier alpha value is -1.98. The van der Waals surface area contributed by atoms with Crippen LogP contribution in [-0.4, -0.2) is 13.4 Å². The van der Waals surface area contributed by atoms with E-state index in [4.69, 9.17) is 0 Å². The summed E-state index contributed by atoms with van der Waals surface area (Å²) in [5, 5.41) is 5.49. The molecular weight excluding hydrogens is 231 g/mol. The first-order valence-corrected chi connectivity index (χ1v) is 4.82. The number of hydrogen-bond acceptors (Lipinski definition) is 2. The van der Waals surface area contributed by atoms with E-state index >= 15 is 0 Å². The van der Waals surface area contributed by atoms with Crippen molar-refractivity contribution in [2.45, 2.75) is 6.18 Å². The summed E-state index contributed by atoms with van der Waals surface area (Å²) in [7, 11) is 1.73. The van der Waals surface area contributed by atoms with Crippen LogP contribution in [0.1, 0.15) is 5.56 Å². The van der Waals surface area contributed by atoms with E-state index in [9.17, 15) is 13.2 Å². The fourth-order valence-electron chi connectivity index (χ4n) is 1.03. The Labute approximate surface area is 97.1 Å². The maximum absolute atomic E-state index is 12.2. The molecule has 3 nitrogen and oxygen atoms in total. The van der Waals surface area contributed by atoms with Gasteiger partial charge in [-0.3, -0.25) is 0 Å². The molecule has 0 saturated carbocycles. The Morgan fingerprint density at radius 1 is 1.18 bits per heavy atom. The molecule has 0 bridgehead atoms. The van der Waals surface area contributed by atoms with E-state index in [2.05, 4.69) is 15.6 Å². The summed E-state index contributed by atoms with van der Waals surface area (Å²) >= 11 is 0. The van der Waals surface area contributed by atoms with E-state index in [0.717, 1.165) is 12.1 Å². The molecule has 0 aromatic heterocycles. The molecule has 0 heterocycles. The molecule has 1 aromatic rings. The Balaban J connectivity index is 2.57. The second-order valence-electron chi connectivity index (χ2n) is 3.10. The van der Waals surface area contributed by atoms with E-state index in [0.29, 0.717) is 5.69 Å². The van der Waals surface area contributed by atoms with E-state index in [-0.39, 0.29) is 0 Å². The first-order chi connectivity index (χ1) is 8.04. The summed E-state index contributed by atoms with van der Waals surface area (Å²) in [6.45, 7) is 0. The molecule has 92 valence electrons. The van der Waals surface area contributed by atoms with Gasteiger partial charge in [-0.1, -0.05) is 0 Å². The molecule has 0 fully saturated rings. The van der Waals surface area contributed by atoms with Crippen molar-refractivity contribution in [1.82, 2.24) is 5.32 Å². The zero-order valence-corrected chi connectivity index (χ0v) is 9.12. The van der Waals surface area contributed by atoms with Crippen LogP contribution in [0.4, 0.5) is 18.9 Å². The molecular formula is C11H12F3N3. The molecule has 0 radical (unpaired) electrons. The summed E-state index contributed by atoms with van der Waals surface area (Å²) in [4.78, 5) is 3.83. The summed E-state index contributed by atoms with van der Waals surface area (Å²) in [5.74, 6) is 0. The average Bonchev–Trinajstić information content (AvgIpc) is 2.28.